The van der Waals surface area contributed by atoms with Crippen LogP contribution in [-0.4, -0.2) is 37.2 Å². The van der Waals surface area contributed by atoms with Crippen molar-refractivity contribution < 1.29 is 28.6 Å². The first-order chi connectivity index (χ1) is 30.0. The quantitative estimate of drug-likeness (QED) is 0.0202. The summed E-state index contributed by atoms with van der Waals surface area (Å²) in [6.45, 7) is 6.17. The first-order valence-electron chi connectivity index (χ1n) is 23.5. The molecule has 0 aromatic heterocycles. The SMILES string of the molecule is CC\C=C/C=C\C=C/C=C\C=C\C=C/CCCCCC(=O)OCC(COC(=O)CC/C=C\C/C=C\CCCCCCCC)OC(=O)CCCCC\C=C/C=C\C=C/C=C\CC. The minimum absolute atomic E-state index is 0.141. The van der Waals surface area contributed by atoms with Crippen LogP contribution in [0, 0.1) is 0 Å². The summed E-state index contributed by atoms with van der Waals surface area (Å²) in [4.78, 5) is 37.8. The van der Waals surface area contributed by atoms with Gasteiger partial charge in [-0.1, -0.05) is 212 Å². The molecule has 338 valence electrons. The van der Waals surface area contributed by atoms with Gasteiger partial charge in [0.15, 0.2) is 6.10 Å². The molecule has 0 aliphatic carbocycles. The van der Waals surface area contributed by atoms with E-state index in [4.69, 9.17) is 14.2 Å². The average molecular weight is 839 g/mol. The summed E-state index contributed by atoms with van der Waals surface area (Å²) < 4.78 is 16.6. The summed E-state index contributed by atoms with van der Waals surface area (Å²) in [7, 11) is 0. The van der Waals surface area contributed by atoms with Crippen molar-refractivity contribution in [3.63, 3.8) is 0 Å². The van der Waals surface area contributed by atoms with Crippen LogP contribution >= 0.6 is 0 Å². The molecule has 0 rings (SSSR count). The fraction of sp³-hybridized carbons (Fsp3) is 0.509. The predicted molar refractivity (Wildman–Crippen MR) is 260 cm³/mol. The molecule has 0 aliphatic rings. The standard InChI is InChI=1S/C55H82O6/c1-4-7-10-13-16-19-22-25-26-27-28-31-33-36-39-42-45-48-54(57)60-51-52(61-55(58)49-46-43-40-37-34-30-24-21-18-15-12-9-6-3)50-59-53(56)47-44-41-38-35-32-29-23-20-17-14-11-8-5-2/h7,9-10,12-13,15-16,18-19,21-22,24-34,38,41,52H,4-6,8,11,14,17,20,23,35-37,39-40,42-51H2,1-3H3/b10-7-,12-9-,16-13-,18-15-,22-19-,24-21-,26-25-,28-27+,32-29-,33-31-,34-30-,41-38-. The number of esters is 3. The van der Waals surface area contributed by atoms with Crippen molar-refractivity contribution in [3.8, 4) is 0 Å². The molecule has 0 radical (unpaired) electrons. The summed E-state index contributed by atoms with van der Waals surface area (Å²) in [5.41, 5.74) is 0. The molecule has 0 spiro atoms. The third-order valence-corrected chi connectivity index (χ3v) is 9.08. The Labute approximate surface area is 372 Å². The van der Waals surface area contributed by atoms with Crippen molar-refractivity contribution >= 4 is 17.9 Å². The van der Waals surface area contributed by atoms with Gasteiger partial charge in [0, 0.05) is 19.3 Å². The van der Waals surface area contributed by atoms with Gasteiger partial charge in [-0.2, -0.15) is 0 Å². The lowest BCUT2D eigenvalue weighted by Crippen LogP contribution is -2.30. The molecular weight excluding hydrogens is 757 g/mol. The van der Waals surface area contributed by atoms with Crippen LogP contribution in [0.2, 0.25) is 0 Å². The number of hydrogen-bond donors (Lipinski definition) is 0. The maximum absolute atomic E-state index is 12.7. The fourth-order valence-electron chi connectivity index (χ4n) is 5.59. The molecule has 0 aromatic rings. The largest absolute Gasteiger partial charge is 0.462 e. The second-order valence-electron chi connectivity index (χ2n) is 14.8. The Morgan fingerprint density at radius 3 is 1.23 bits per heavy atom. The first kappa shape index (κ1) is 56.3. The molecule has 61 heavy (non-hydrogen) atoms. The molecule has 0 fully saturated rings. The van der Waals surface area contributed by atoms with E-state index in [2.05, 4.69) is 63.3 Å². The van der Waals surface area contributed by atoms with Gasteiger partial charge in [0.05, 0.1) is 0 Å². The summed E-state index contributed by atoms with van der Waals surface area (Å²) in [6.07, 6.45) is 68.4. The summed E-state index contributed by atoms with van der Waals surface area (Å²) in [5.74, 6) is -1.11. The Hall–Kier alpha value is -4.71. The third kappa shape index (κ3) is 46.2. The molecule has 1 atom stereocenters. The van der Waals surface area contributed by atoms with Crippen molar-refractivity contribution in [2.24, 2.45) is 0 Å². The molecule has 0 aromatic carbocycles. The number of carbonyl (C=O) groups is 3. The molecule has 6 nitrogen and oxygen atoms in total. The van der Waals surface area contributed by atoms with E-state index in [9.17, 15) is 14.4 Å². The Kier molecular flexibility index (Phi) is 44.3. The number of hydrogen-bond acceptors (Lipinski definition) is 6. The fourth-order valence-corrected chi connectivity index (χ4v) is 5.59. The van der Waals surface area contributed by atoms with E-state index >= 15 is 0 Å². The number of allylic oxidation sites excluding steroid dienone is 24. The molecule has 1 unspecified atom stereocenters. The molecule has 0 aliphatic heterocycles. The normalized spacial score (nSPS) is 13.4. The van der Waals surface area contributed by atoms with Crippen LogP contribution in [0.1, 0.15) is 162 Å². The molecule has 0 saturated carbocycles. The van der Waals surface area contributed by atoms with Crippen molar-refractivity contribution in [2.75, 3.05) is 13.2 Å². The lowest BCUT2D eigenvalue weighted by atomic mass is 10.1. The molecular formula is C55H82O6. The molecule has 0 bridgehead atoms. The van der Waals surface area contributed by atoms with Crippen molar-refractivity contribution in [3.05, 3.63) is 146 Å². The summed E-state index contributed by atoms with van der Waals surface area (Å²) >= 11 is 0. The number of unbranched alkanes of at least 4 members (excludes halogenated alkanes) is 12. The van der Waals surface area contributed by atoms with Crippen LogP contribution in [0.4, 0.5) is 0 Å². The van der Waals surface area contributed by atoms with Crippen molar-refractivity contribution in [1.82, 2.24) is 0 Å². The van der Waals surface area contributed by atoms with E-state index in [0.29, 0.717) is 19.3 Å². The second-order valence-corrected chi connectivity index (χ2v) is 14.8. The van der Waals surface area contributed by atoms with Crippen molar-refractivity contribution in [2.45, 2.75) is 168 Å². The van der Waals surface area contributed by atoms with Gasteiger partial charge in [-0.15, -0.1) is 0 Å². The van der Waals surface area contributed by atoms with Gasteiger partial charge in [0.25, 0.3) is 0 Å². The zero-order chi connectivity index (χ0) is 44.4. The lowest BCUT2D eigenvalue weighted by Gasteiger charge is -2.18. The van der Waals surface area contributed by atoms with Crippen LogP contribution in [0.15, 0.2) is 146 Å². The lowest BCUT2D eigenvalue weighted by molar-refractivity contribution is -0.166. The summed E-state index contributed by atoms with van der Waals surface area (Å²) in [5, 5.41) is 0. The van der Waals surface area contributed by atoms with Gasteiger partial charge in [-0.3, -0.25) is 14.4 Å². The van der Waals surface area contributed by atoms with Gasteiger partial charge >= 0.3 is 17.9 Å². The van der Waals surface area contributed by atoms with E-state index in [0.717, 1.165) is 64.2 Å². The van der Waals surface area contributed by atoms with E-state index in [1.54, 1.807) is 0 Å². The van der Waals surface area contributed by atoms with Crippen LogP contribution in [0.5, 0.6) is 0 Å². The van der Waals surface area contributed by atoms with Gasteiger partial charge in [0.1, 0.15) is 13.2 Å². The zero-order valence-corrected chi connectivity index (χ0v) is 38.4. The highest BCUT2D eigenvalue weighted by Gasteiger charge is 2.19. The van der Waals surface area contributed by atoms with E-state index in [1.165, 1.54) is 38.5 Å². The molecule has 6 heteroatoms. The monoisotopic (exact) mass is 839 g/mol. The predicted octanol–water partition coefficient (Wildman–Crippen LogP) is 15.3. The first-order valence-corrected chi connectivity index (χ1v) is 23.5. The van der Waals surface area contributed by atoms with Crippen LogP contribution in [0.3, 0.4) is 0 Å². The van der Waals surface area contributed by atoms with E-state index < -0.39 is 6.10 Å². The minimum atomic E-state index is -0.845. The number of carbonyl (C=O) groups excluding carboxylic acids is 3. The Morgan fingerprint density at radius 2 is 0.738 bits per heavy atom. The van der Waals surface area contributed by atoms with Gasteiger partial charge < -0.3 is 14.2 Å². The highest BCUT2D eigenvalue weighted by molar-refractivity contribution is 5.71. The molecule has 0 amide bonds. The average Bonchev–Trinajstić information content (AvgIpc) is 3.26. The Morgan fingerprint density at radius 1 is 0.361 bits per heavy atom. The van der Waals surface area contributed by atoms with Crippen LogP contribution < -0.4 is 0 Å². The molecule has 0 heterocycles. The third-order valence-electron chi connectivity index (χ3n) is 9.08. The summed E-state index contributed by atoms with van der Waals surface area (Å²) in [6, 6.07) is 0. The van der Waals surface area contributed by atoms with Crippen LogP contribution in [0.25, 0.3) is 0 Å². The van der Waals surface area contributed by atoms with E-state index in [1.807, 2.05) is 103 Å². The van der Waals surface area contributed by atoms with Crippen LogP contribution in [-0.2, 0) is 28.6 Å². The highest BCUT2D eigenvalue weighted by Crippen LogP contribution is 2.10. The zero-order valence-electron chi connectivity index (χ0n) is 38.4. The number of rotatable bonds is 39. The topological polar surface area (TPSA) is 78.9 Å². The second kappa shape index (κ2) is 48.0. The van der Waals surface area contributed by atoms with Gasteiger partial charge in [0.2, 0.25) is 0 Å². The Bertz CT molecular complexity index is 1430. The van der Waals surface area contributed by atoms with Crippen molar-refractivity contribution in [1.29, 1.82) is 0 Å². The maximum atomic E-state index is 12.7. The maximum Gasteiger partial charge on any atom is 0.306 e. The smallest absolute Gasteiger partial charge is 0.306 e. The van der Waals surface area contributed by atoms with E-state index in [-0.39, 0.29) is 50.4 Å². The molecule has 0 N–H and O–H groups in total. The van der Waals surface area contributed by atoms with Gasteiger partial charge in [-0.25, -0.2) is 0 Å². The molecule has 0 saturated heterocycles. The van der Waals surface area contributed by atoms with Gasteiger partial charge in [-0.05, 0) is 77.0 Å². The Balaban J connectivity index is 4.65. The number of ether oxygens (including phenoxy) is 3. The highest BCUT2D eigenvalue weighted by atomic mass is 16.6. The minimum Gasteiger partial charge on any atom is -0.462 e.